The fraction of sp³-hybridized carbons (Fsp3) is 0.235. The summed E-state index contributed by atoms with van der Waals surface area (Å²) in [7, 11) is 0. The molecular weight excluding hydrogens is 286 g/mol. The SMILES string of the molecule is O=C(O)CN(c1ccc(Cl)cc1)C1Cc2ccccc2C1. The lowest BCUT2D eigenvalue weighted by atomic mass is 10.1. The van der Waals surface area contributed by atoms with Gasteiger partial charge in [0.1, 0.15) is 6.54 Å². The van der Waals surface area contributed by atoms with Crippen molar-refractivity contribution in [2.24, 2.45) is 0 Å². The highest BCUT2D eigenvalue weighted by molar-refractivity contribution is 6.30. The highest BCUT2D eigenvalue weighted by atomic mass is 35.5. The number of anilines is 1. The highest BCUT2D eigenvalue weighted by Gasteiger charge is 2.28. The third-order valence-electron chi connectivity index (χ3n) is 3.93. The number of carboxylic acid groups (broad SMARTS) is 1. The number of aliphatic carboxylic acids is 1. The molecule has 0 saturated carbocycles. The van der Waals surface area contributed by atoms with Crippen LogP contribution < -0.4 is 4.90 Å². The average molecular weight is 302 g/mol. The monoisotopic (exact) mass is 301 g/mol. The van der Waals surface area contributed by atoms with Crippen molar-refractivity contribution in [1.29, 1.82) is 0 Å². The highest BCUT2D eigenvalue weighted by Crippen LogP contribution is 2.29. The number of fused-ring (bicyclic) bond motifs is 1. The molecule has 2 aromatic rings. The van der Waals surface area contributed by atoms with Crippen LogP contribution in [0.2, 0.25) is 5.02 Å². The number of rotatable bonds is 4. The molecule has 21 heavy (non-hydrogen) atoms. The van der Waals surface area contributed by atoms with E-state index in [1.807, 2.05) is 29.2 Å². The molecule has 0 spiro atoms. The first-order chi connectivity index (χ1) is 10.1. The quantitative estimate of drug-likeness (QED) is 0.941. The summed E-state index contributed by atoms with van der Waals surface area (Å²) in [6.45, 7) is 0.000285. The number of benzene rings is 2. The minimum Gasteiger partial charge on any atom is -0.480 e. The van der Waals surface area contributed by atoms with Crippen molar-refractivity contribution in [1.82, 2.24) is 0 Å². The zero-order valence-electron chi connectivity index (χ0n) is 11.5. The molecule has 1 aliphatic rings. The molecule has 0 aromatic heterocycles. The van der Waals surface area contributed by atoms with Gasteiger partial charge in [0, 0.05) is 16.8 Å². The maximum absolute atomic E-state index is 11.2. The fourth-order valence-electron chi connectivity index (χ4n) is 2.97. The zero-order valence-corrected chi connectivity index (χ0v) is 12.3. The molecule has 0 amide bonds. The minimum absolute atomic E-state index is 0.000285. The molecule has 0 aliphatic heterocycles. The normalized spacial score (nSPS) is 14.0. The Balaban J connectivity index is 1.87. The molecule has 0 unspecified atom stereocenters. The molecule has 4 heteroatoms. The smallest absolute Gasteiger partial charge is 0.323 e. The molecule has 0 radical (unpaired) electrons. The van der Waals surface area contributed by atoms with E-state index >= 15 is 0 Å². The average Bonchev–Trinajstić information content (AvgIpc) is 2.89. The summed E-state index contributed by atoms with van der Waals surface area (Å²) in [5.41, 5.74) is 3.53. The first kappa shape index (κ1) is 14.0. The van der Waals surface area contributed by atoms with Crippen LogP contribution in [0.3, 0.4) is 0 Å². The van der Waals surface area contributed by atoms with E-state index in [1.165, 1.54) is 11.1 Å². The largest absolute Gasteiger partial charge is 0.480 e. The summed E-state index contributed by atoms with van der Waals surface area (Å²) in [4.78, 5) is 13.2. The van der Waals surface area contributed by atoms with Gasteiger partial charge in [-0.05, 0) is 48.2 Å². The molecule has 108 valence electrons. The van der Waals surface area contributed by atoms with Crippen molar-refractivity contribution in [2.75, 3.05) is 11.4 Å². The minimum atomic E-state index is -0.819. The fourth-order valence-corrected chi connectivity index (χ4v) is 3.09. The van der Waals surface area contributed by atoms with Crippen molar-refractivity contribution in [3.05, 3.63) is 64.7 Å². The lowest BCUT2D eigenvalue weighted by molar-refractivity contribution is -0.135. The lowest BCUT2D eigenvalue weighted by Crippen LogP contribution is -2.39. The second-order valence-corrected chi connectivity index (χ2v) is 5.77. The zero-order chi connectivity index (χ0) is 14.8. The van der Waals surface area contributed by atoms with Gasteiger partial charge in [-0.15, -0.1) is 0 Å². The van der Waals surface area contributed by atoms with E-state index in [2.05, 4.69) is 12.1 Å². The second-order valence-electron chi connectivity index (χ2n) is 5.33. The Morgan fingerprint density at radius 1 is 1.10 bits per heavy atom. The predicted octanol–water partition coefficient (Wildman–Crippen LogP) is 3.40. The Hall–Kier alpha value is -2.00. The molecule has 0 bridgehead atoms. The van der Waals surface area contributed by atoms with Crippen LogP contribution in [0.25, 0.3) is 0 Å². The molecular formula is C17H16ClNO2. The van der Waals surface area contributed by atoms with Crippen molar-refractivity contribution in [2.45, 2.75) is 18.9 Å². The molecule has 0 heterocycles. The summed E-state index contributed by atoms with van der Waals surface area (Å²) in [6, 6.07) is 15.9. The van der Waals surface area contributed by atoms with Gasteiger partial charge in [-0.3, -0.25) is 4.79 Å². The van der Waals surface area contributed by atoms with Gasteiger partial charge in [0.15, 0.2) is 0 Å². The van der Waals surface area contributed by atoms with E-state index in [1.54, 1.807) is 12.1 Å². The molecule has 0 fully saturated rings. The van der Waals surface area contributed by atoms with Gasteiger partial charge in [0.05, 0.1) is 0 Å². The van der Waals surface area contributed by atoms with E-state index in [-0.39, 0.29) is 12.6 Å². The van der Waals surface area contributed by atoms with Crippen LogP contribution in [-0.2, 0) is 17.6 Å². The summed E-state index contributed by atoms with van der Waals surface area (Å²) >= 11 is 5.92. The first-order valence-corrected chi connectivity index (χ1v) is 7.32. The van der Waals surface area contributed by atoms with Crippen LogP contribution in [0.15, 0.2) is 48.5 Å². The standard InChI is InChI=1S/C17H16ClNO2/c18-14-5-7-15(8-6-14)19(11-17(20)21)16-9-12-3-1-2-4-13(12)10-16/h1-8,16H,9-11H2,(H,20,21). The number of hydrogen-bond acceptors (Lipinski definition) is 2. The van der Waals surface area contributed by atoms with Crippen LogP contribution in [0.4, 0.5) is 5.69 Å². The van der Waals surface area contributed by atoms with E-state index < -0.39 is 5.97 Å². The Kier molecular flexibility index (Phi) is 3.84. The van der Waals surface area contributed by atoms with Gasteiger partial charge < -0.3 is 10.0 Å². The van der Waals surface area contributed by atoms with Gasteiger partial charge in [0.25, 0.3) is 0 Å². The molecule has 3 nitrogen and oxygen atoms in total. The van der Waals surface area contributed by atoms with Gasteiger partial charge >= 0.3 is 5.97 Å². The molecule has 1 N–H and O–H groups in total. The molecule has 1 aliphatic carbocycles. The van der Waals surface area contributed by atoms with Crippen LogP contribution in [0.5, 0.6) is 0 Å². The molecule has 3 rings (SSSR count). The van der Waals surface area contributed by atoms with Crippen molar-refractivity contribution in [3.8, 4) is 0 Å². The Morgan fingerprint density at radius 2 is 1.67 bits per heavy atom. The number of carboxylic acids is 1. The number of halogens is 1. The summed E-state index contributed by atoms with van der Waals surface area (Å²) in [5.74, 6) is -0.819. The maximum atomic E-state index is 11.2. The van der Waals surface area contributed by atoms with E-state index in [0.29, 0.717) is 5.02 Å². The van der Waals surface area contributed by atoms with Gasteiger partial charge in [-0.25, -0.2) is 0 Å². The summed E-state index contributed by atoms with van der Waals surface area (Å²) in [5, 5.41) is 9.87. The van der Waals surface area contributed by atoms with E-state index in [4.69, 9.17) is 11.6 Å². The third-order valence-corrected chi connectivity index (χ3v) is 4.19. The second kappa shape index (κ2) is 5.78. The lowest BCUT2D eigenvalue weighted by Gasteiger charge is -2.29. The number of carbonyl (C=O) groups is 1. The first-order valence-electron chi connectivity index (χ1n) is 6.94. The topological polar surface area (TPSA) is 40.5 Å². The third kappa shape index (κ3) is 3.03. The molecule has 0 atom stereocenters. The number of nitrogens with zero attached hydrogens (tertiary/aromatic N) is 1. The molecule has 0 saturated heterocycles. The molecule has 2 aromatic carbocycles. The van der Waals surface area contributed by atoms with Gasteiger partial charge in [-0.1, -0.05) is 35.9 Å². The van der Waals surface area contributed by atoms with Gasteiger partial charge in [-0.2, -0.15) is 0 Å². The Bertz CT molecular complexity index is 629. The van der Waals surface area contributed by atoms with Crippen molar-refractivity contribution >= 4 is 23.3 Å². The van der Waals surface area contributed by atoms with Crippen LogP contribution in [0.1, 0.15) is 11.1 Å². The Morgan fingerprint density at radius 3 is 2.19 bits per heavy atom. The summed E-state index contributed by atoms with van der Waals surface area (Å²) in [6.07, 6.45) is 1.76. The van der Waals surface area contributed by atoms with Gasteiger partial charge in [0.2, 0.25) is 0 Å². The maximum Gasteiger partial charge on any atom is 0.323 e. The van der Waals surface area contributed by atoms with Crippen LogP contribution in [-0.4, -0.2) is 23.7 Å². The van der Waals surface area contributed by atoms with Crippen LogP contribution >= 0.6 is 11.6 Å². The van der Waals surface area contributed by atoms with Crippen LogP contribution in [0, 0.1) is 0 Å². The predicted molar refractivity (Wildman–Crippen MR) is 84.1 cm³/mol. The summed E-state index contributed by atoms with van der Waals surface area (Å²) < 4.78 is 0. The van der Waals surface area contributed by atoms with Crippen molar-refractivity contribution < 1.29 is 9.90 Å². The van der Waals surface area contributed by atoms with E-state index in [9.17, 15) is 9.90 Å². The Labute approximate surface area is 128 Å². The van der Waals surface area contributed by atoms with Crippen molar-refractivity contribution in [3.63, 3.8) is 0 Å². The van der Waals surface area contributed by atoms with E-state index in [0.717, 1.165) is 18.5 Å². The number of hydrogen-bond donors (Lipinski definition) is 1.